The van der Waals surface area contributed by atoms with Gasteiger partial charge in [0.1, 0.15) is 0 Å². The predicted molar refractivity (Wildman–Crippen MR) is 84.2 cm³/mol. The van der Waals surface area contributed by atoms with Gasteiger partial charge in [-0.05, 0) is 30.7 Å². The van der Waals surface area contributed by atoms with Crippen molar-refractivity contribution in [3.05, 3.63) is 76.3 Å². The number of hydrogen-bond donors (Lipinski definition) is 0. The topological polar surface area (TPSA) is 20.3 Å². The third-order valence-corrected chi connectivity index (χ3v) is 4.25. The van der Waals surface area contributed by atoms with Crippen LogP contribution in [0, 0.1) is 0 Å². The van der Waals surface area contributed by atoms with Crippen LogP contribution in [0.5, 0.6) is 0 Å². The molecule has 0 fully saturated rings. The third kappa shape index (κ3) is 1.98. The first-order valence-corrected chi connectivity index (χ1v) is 7.26. The number of carbonyl (C=O) groups is 1. The van der Waals surface area contributed by atoms with Crippen molar-refractivity contribution in [2.75, 3.05) is 0 Å². The molecule has 0 radical (unpaired) electrons. The minimum Gasteiger partial charge on any atom is -0.301 e. The van der Waals surface area contributed by atoms with E-state index < -0.39 is 0 Å². The maximum absolute atomic E-state index is 12.5. The molecule has 0 aliphatic carbocycles. The van der Waals surface area contributed by atoms with E-state index >= 15 is 0 Å². The van der Waals surface area contributed by atoms with Gasteiger partial charge in [0.2, 0.25) is 0 Å². The fourth-order valence-electron chi connectivity index (χ4n) is 2.60. The molecular formula is C17H14BrNO. The van der Waals surface area contributed by atoms with Gasteiger partial charge in [0.25, 0.3) is 5.91 Å². The van der Waals surface area contributed by atoms with Gasteiger partial charge in [-0.15, -0.1) is 0 Å². The molecule has 1 aliphatic rings. The molecule has 2 nitrogen and oxygen atoms in total. The number of benzene rings is 2. The van der Waals surface area contributed by atoms with Crippen LogP contribution in [0.2, 0.25) is 0 Å². The second-order valence-electron chi connectivity index (χ2n) is 4.89. The summed E-state index contributed by atoms with van der Waals surface area (Å²) in [5.74, 6) is 0.0287. The summed E-state index contributed by atoms with van der Waals surface area (Å²) in [4.78, 5) is 14.3. The highest BCUT2D eigenvalue weighted by Gasteiger charge is 2.34. The number of nitrogens with zero attached hydrogens (tertiary/aromatic N) is 1. The maximum atomic E-state index is 12.5. The lowest BCUT2D eigenvalue weighted by molar-refractivity contribution is 0.0812. The van der Waals surface area contributed by atoms with Crippen LogP contribution in [0.25, 0.3) is 5.70 Å². The maximum Gasteiger partial charge on any atom is 0.259 e. The average Bonchev–Trinajstić information content (AvgIpc) is 2.72. The van der Waals surface area contributed by atoms with Crippen LogP contribution in [0.4, 0.5) is 0 Å². The monoisotopic (exact) mass is 327 g/mol. The number of rotatable bonds is 2. The van der Waals surface area contributed by atoms with Crippen molar-refractivity contribution < 1.29 is 4.79 Å². The first-order valence-electron chi connectivity index (χ1n) is 6.47. The zero-order chi connectivity index (χ0) is 14.3. The van der Waals surface area contributed by atoms with Gasteiger partial charge in [-0.25, -0.2) is 0 Å². The van der Waals surface area contributed by atoms with E-state index in [1.807, 2.05) is 55.5 Å². The summed E-state index contributed by atoms with van der Waals surface area (Å²) in [6, 6.07) is 15.6. The normalized spacial score (nSPS) is 15.4. The third-order valence-electron chi connectivity index (χ3n) is 3.72. The SMILES string of the molecule is C=C1c2ccccc2C(=O)N1C(C)c1ccc(Br)cc1. The molecular weight excluding hydrogens is 314 g/mol. The average molecular weight is 328 g/mol. The van der Waals surface area contributed by atoms with Gasteiger partial charge in [0, 0.05) is 21.3 Å². The number of fused-ring (bicyclic) bond motifs is 1. The fourth-order valence-corrected chi connectivity index (χ4v) is 2.87. The van der Waals surface area contributed by atoms with E-state index in [9.17, 15) is 4.79 Å². The summed E-state index contributed by atoms with van der Waals surface area (Å²) in [7, 11) is 0. The van der Waals surface area contributed by atoms with Gasteiger partial charge >= 0.3 is 0 Å². The molecule has 1 aliphatic heterocycles. The molecule has 0 aromatic heterocycles. The number of halogens is 1. The molecule has 0 saturated heterocycles. The van der Waals surface area contributed by atoms with Crippen LogP contribution in [0.15, 0.2) is 59.6 Å². The molecule has 20 heavy (non-hydrogen) atoms. The lowest BCUT2D eigenvalue weighted by atomic mass is 10.1. The highest BCUT2D eigenvalue weighted by molar-refractivity contribution is 9.10. The molecule has 1 amide bonds. The molecule has 0 bridgehead atoms. The molecule has 1 heterocycles. The van der Waals surface area contributed by atoms with Crippen LogP contribution in [-0.4, -0.2) is 10.8 Å². The first kappa shape index (κ1) is 13.1. The van der Waals surface area contributed by atoms with Crippen molar-refractivity contribution in [2.24, 2.45) is 0 Å². The lowest BCUT2D eigenvalue weighted by Gasteiger charge is -2.26. The Morgan fingerprint density at radius 2 is 1.65 bits per heavy atom. The van der Waals surface area contributed by atoms with Crippen molar-refractivity contribution >= 4 is 27.5 Å². The van der Waals surface area contributed by atoms with Gasteiger partial charge in [-0.3, -0.25) is 4.79 Å². The van der Waals surface area contributed by atoms with Crippen LogP contribution >= 0.6 is 15.9 Å². The van der Waals surface area contributed by atoms with Gasteiger partial charge in [-0.2, -0.15) is 0 Å². The molecule has 2 aromatic rings. The van der Waals surface area contributed by atoms with Crippen molar-refractivity contribution in [1.82, 2.24) is 4.90 Å². The zero-order valence-corrected chi connectivity index (χ0v) is 12.7. The smallest absolute Gasteiger partial charge is 0.259 e. The van der Waals surface area contributed by atoms with E-state index in [1.54, 1.807) is 4.90 Å². The van der Waals surface area contributed by atoms with E-state index in [1.165, 1.54) is 0 Å². The summed E-state index contributed by atoms with van der Waals surface area (Å²) in [5.41, 5.74) is 3.54. The summed E-state index contributed by atoms with van der Waals surface area (Å²) >= 11 is 3.43. The van der Waals surface area contributed by atoms with Gasteiger partial charge in [0.15, 0.2) is 0 Å². The van der Waals surface area contributed by atoms with Gasteiger partial charge < -0.3 is 4.90 Å². The Hall–Kier alpha value is -1.87. The Labute approximate surface area is 126 Å². The van der Waals surface area contributed by atoms with Crippen molar-refractivity contribution in [1.29, 1.82) is 0 Å². The molecule has 1 unspecified atom stereocenters. The van der Waals surface area contributed by atoms with E-state index in [-0.39, 0.29) is 11.9 Å². The quantitative estimate of drug-likeness (QED) is 0.787. The number of hydrogen-bond acceptors (Lipinski definition) is 1. The van der Waals surface area contributed by atoms with E-state index in [4.69, 9.17) is 0 Å². The fraction of sp³-hybridized carbons (Fsp3) is 0.118. The minimum atomic E-state index is -0.0319. The Bertz CT molecular complexity index is 655. The van der Waals surface area contributed by atoms with Crippen LogP contribution in [0.3, 0.4) is 0 Å². The van der Waals surface area contributed by atoms with Crippen molar-refractivity contribution in [2.45, 2.75) is 13.0 Å². The Balaban J connectivity index is 1.98. The van der Waals surface area contributed by atoms with Crippen LogP contribution in [0.1, 0.15) is 34.5 Å². The summed E-state index contributed by atoms with van der Waals surface area (Å²) in [6.45, 7) is 6.11. The highest BCUT2D eigenvalue weighted by atomic mass is 79.9. The van der Waals surface area contributed by atoms with Crippen molar-refractivity contribution in [3.8, 4) is 0 Å². The van der Waals surface area contributed by atoms with E-state index in [0.29, 0.717) is 0 Å². The zero-order valence-electron chi connectivity index (χ0n) is 11.1. The molecule has 2 aromatic carbocycles. The van der Waals surface area contributed by atoms with Crippen LogP contribution < -0.4 is 0 Å². The second-order valence-corrected chi connectivity index (χ2v) is 5.81. The minimum absolute atomic E-state index is 0.0287. The Morgan fingerprint density at radius 1 is 1.05 bits per heavy atom. The molecule has 3 heteroatoms. The van der Waals surface area contributed by atoms with Crippen molar-refractivity contribution in [3.63, 3.8) is 0 Å². The van der Waals surface area contributed by atoms with Gasteiger partial charge in [-0.1, -0.05) is 52.8 Å². The van der Waals surface area contributed by atoms with Crippen LogP contribution in [-0.2, 0) is 0 Å². The molecule has 0 saturated carbocycles. The second kappa shape index (κ2) is 4.91. The summed E-state index contributed by atoms with van der Waals surface area (Å²) in [6.07, 6.45) is 0. The number of carbonyl (C=O) groups excluding carboxylic acids is 1. The molecule has 3 rings (SSSR count). The van der Waals surface area contributed by atoms with Gasteiger partial charge in [0.05, 0.1) is 6.04 Å². The molecule has 1 atom stereocenters. The summed E-state index contributed by atoms with van der Waals surface area (Å²) in [5, 5.41) is 0. The largest absolute Gasteiger partial charge is 0.301 e. The first-order chi connectivity index (χ1) is 9.59. The standard InChI is InChI=1S/C17H14BrNO/c1-11(13-7-9-14(18)10-8-13)19-12(2)15-5-3-4-6-16(15)17(19)20/h3-11H,2H2,1H3. The predicted octanol–water partition coefficient (Wildman–Crippen LogP) is 4.64. The van der Waals surface area contributed by atoms with E-state index in [2.05, 4.69) is 22.5 Å². The molecule has 0 spiro atoms. The Kier molecular flexibility index (Phi) is 3.22. The molecule has 0 N–H and O–H groups in total. The summed E-state index contributed by atoms with van der Waals surface area (Å²) < 4.78 is 1.03. The number of amides is 1. The Morgan fingerprint density at radius 3 is 2.25 bits per heavy atom. The van der Waals surface area contributed by atoms with E-state index in [0.717, 1.165) is 26.9 Å². The molecule has 100 valence electrons. The highest BCUT2D eigenvalue weighted by Crippen LogP contribution is 2.37. The lowest BCUT2D eigenvalue weighted by Crippen LogP contribution is -2.26.